The largest absolute Gasteiger partial charge is 0.339 e. The Balaban J connectivity index is 1.86. The van der Waals surface area contributed by atoms with Crippen LogP contribution in [0, 0.1) is 12.8 Å². The van der Waals surface area contributed by atoms with Gasteiger partial charge in [0.05, 0.1) is 4.88 Å². The highest BCUT2D eigenvalue weighted by molar-refractivity contribution is 7.12. The number of carbonyl (C=O) groups excluding carboxylic acids is 1. The van der Waals surface area contributed by atoms with Crippen LogP contribution in [0.15, 0.2) is 40.2 Å². The number of hydrogen-bond acceptors (Lipinski definition) is 5. The summed E-state index contributed by atoms with van der Waals surface area (Å²) in [7, 11) is 0. The van der Waals surface area contributed by atoms with Gasteiger partial charge in [0.2, 0.25) is 11.7 Å². The number of aromatic nitrogens is 2. The van der Waals surface area contributed by atoms with Gasteiger partial charge in [-0.3, -0.25) is 4.79 Å². The second-order valence-electron chi connectivity index (χ2n) is 6.23. The van der Waals surface area contributed by atoms with Gasteiger partial charge in [0.15, 0.2) is 0 Å². The van der Waals surface area contributed by atoms with Crippen molar-refractivity contribution in [2.45, 2.75) is 33.2 Å². The first-order valence-electron chi connectivity index (χ1n) is 8.44. The molecule has 3 aromatic rings. The van der Waals surface area contributed by atoms with E-state index >= 15 is 0 Å². The van der Waals surface area contributed by atoms with Crippen molar-refractivity contribution in [3.63, 3.8) is 0 Å². The molecule has 7 heteroatoms. The van der Waals surface area contributed by atoms with Gasteiger partial charge in [0.1, 0.15) is 6.04 Å². The molecule has 5 nitrogen and oxygen atoms in total. The molecule has 1 N–H and O–H groups in total. The van der Waals surface area contributed by atoms with E-state index in [4.69, 9.17) is 16.1 Å². The predicted octanol–water partition coefficient (Wildman–Crippen LogP) is 5.28. The summed E-state index contributed by atoms with van der Waals surface area (Å²) in [6.07, 6.45) is 0.865. The van der Waals surface area contributed by atoms with Crippen molar-refractivity contribution < 1.29 is 9.32 Å². The van der Waals surface area contributed by atoms with Crippen molar-refractivity contribution >= 4 is 28.8 Å². The van der Waals surface area contributed by atoms with Crippen LogP contribution >= 0.6 is 22.9 Å². The molecule has 0 radical (unpaired) electrons. The molecule has 0 aliphatic rings. The average Bonchev–Trinajstić information content (AvgIpc) is 3.33. The number of nitrogens with zero attached hydrogens (tertiary/aromatic N) is 2. The fraction of sp³-hybridized carbons (Fsp3) is 0.316. The van der Waals surface area contributed by atoms with E-state index in [0.29, 0.717) is 21.6 Å². The lowest BCUT2D eigenvalue weighted by molar-refractivity contribution is 0.0914. The summed E-state index contributed by atoms with van der Waals surface area (Å²) in [6, 6.07) is 8.92. The number of aryl methyl sites for hydroxylation is 1. The Bertz CT molecular complexity index is 892. The van der Waals surface area contributed by atoms with E-state index in [9.17, 15) is 4.79 Å². The van der Waals surface area contributed by atoms with Crippen molar-refractivity contribution in [2.75, 3.05) is 0 Å². The maximum atomic E-state index is 12.5. The van der Waals surface area contributed by atoms with Gasteiger partial charge in [-0.25, -0.2) is 0 Å². The van der Waals surface area contributed by atoms with Crippen LogP contribution in [-0.4, -0.2) is 16.0 Å². The van der Waals surface area contributed by atoms with Crippen molar-refractivity contribution in [3.8, 4) is 11.4 Å². The summed E-state index contributed by atoms with van der Waals surface area (Å²) in [6.45, 7) is 6.05. The summed E-state index contributed by atoms with van der Waals surface area (Å²) < 4.78 is 5.48. The lowest BCUT2D eigenvalue weighted by Gasteiger charge is -2.20. The van der Waals surface area contributed by atoms with Crippen LogP contribution in [0.5, 0.6) is 0 Å². The summed E-state index contributed by atoms with van der Waals surface area (Å²) >= 11 is 7.59. The van der Waals surface area contributed by atoms with Gasteiger partial charge in [0.25, 0.3) is 5.91 Å². The van der Waals surface area contributed by atoms with Crippen LogP contribution in [-0.2, 0) is 0 Å². The molecule has 0 spiro atoms. The molecule has 1 amide bonds. The van der Waals surface area contributed by atoms with Crippen LogP contribution in [0.25, 0.3) is 11.4 Å². The maximum absolute atomic E-state index is 12.5. The van der Waals surface area contributed by atoms with E-state index in [1.807, 2.05) is 43.5 Å². The molecule has 2 heterocycles. The summed E-state index contributed by atoms with van der Waals surface area (Å²) in [5.74, 6) is 0.869. The summed E-state index contributed by atoms with van der Waals surface area (Å²) in [4.78, 5) is 17.6. The fourth-order valence-electron chi connectivity index (χ4n) is 2.51. The van der Waals surface area contributed by atoms with Gasteiger partial charge < -0.3 is 9.84 Å². The molecule has 26 heavy (non-hydrogen) atoms. The van der Waals surface area contributed by atoms with E-state index < -0.39 is 0 Å². The van der Waals surface area contributed by atoms with Crippen LogP contribution in [0.4, 0.5) is 0 Å². The first kappa shape index (κ1) is 18.6. The van der Waals surface area contributed by atoms with Crippen molar-refractivity contribution in [2.24, 2.45) is 5.92 Å². The number of benzene rings is 1. The molecule has 0 bridgehead atoms. The minimum absolute atomic E-state index is 0.136. The zero-order chi connectivity index (χ0) is 18.7. The van der Waals surface area contributed by atoms with Crippen molar-refractivity contribution in [1.29, 1.82) is 0 Å². The number of rotatable bonds is 6. The highest BCUT2D eigenvalue weighted by atomic mass is 35.5. The van der Waals surface area contributed by atoms with E-state index in [1.165, 1.54) is 11.3 Å². The third kappa shape index (κ3) is 3.97. The minimum atomic E-state index is -0.350. The van der Waals surface area contributed by atoms with Crippen LogP contribution in [0.2, 0.25) is 5.02 Å². The van der Waals surface area contributed by atoms with E-state index in [-0.39, 0.29) is 17.9 Å². The van der Waals surface area contributed by atoms with Crippen LogP contribution in [0.3, 0.4) is 0 Å². The SMILES string of the molecule is CC[C@@H](C)[C@@H](NC(=O)c1cccs1)c1nc(-c2ccc(C)c(Cl)c2)no1. The first-order valence-corrected chi connectivity index (χ1v) is 9.69. The van der Waals surface area contributed by atoms with E-state index in [2.05, 4.69) is 22.4 Å². The third-order valence-electron chi connectivity index (χ3n) is 4.38. The molecule has 0 saturated carbocycles. The molecular weight excluding hydrogens is 370 g/mol. The van der Waals surface area contributed by atoms with Gasteiger partial charge >= 0.3 is 0 Å². The van der Waals surface area contributed by atoms with Gasteiger partial charge in [-0.15, -0.1) is 11.3 Å². The zero-order valence-corrected chi connectivity index (χ0v) is 16.4. The topological polar surface area (TPSA) is 68.0 Å². The highest BCUT2D eigenvalue weighted by Crippen LogP contribution is 2.28. The Labute approximate surface area is 161 Å². The molecule has 2 aromatic heterocycles. The third-order valence-corrected chi connectivity index (χ3v) is 5.66. The molecule has 0 aliphatic carbocycles. The van der Waals surface area contributed by atoms with Gasteiger partial charge in [-0.2, -0.15) is 4.98 Å². The summed E-state index contributed by atoms with van der Waals surface area (Å²) in [5, 5.41) is 9.62. The van der Waals surface area contributed by atoms with Gasteiger partial charge in [-0.05, 0) is 35.9 Å². The number of nitrogens with one attached hydrogen (secondary N) is 1. The second-order valence-corrected chi connectivity index (χ2v) is 7.59. The molecule has 0 unspecified atom stereocenters. The molecule has 0 saturated heterocycles. The Morgan fingerprint density at radius 2 is 2.19 bits per heavy atom. The first-order chi connectivity index (χ1) is 12.5. The number of hydrogen-bond donors (Lipinski definition) is 1. The number of halogens is 1. The van der Waals surface area contributed by atoms with Crippen molar-refractivity contribution in [3.05, 3.63) is 57.1 Å². The Morgan fingerprint density at radius 3 is 2.85 bits per heavy atom. The fourth-order valence-corrected chi connectivity index (χ4v) is 3.32. The zero-order valence-electron chi connectivity index (χ0n) is 14.8. The lowest BCUT2D eigenvalue weighted by Crippen LogP contribution is -2.32. The van der Waals surface area contributed by atoms with E-state index in [1.54, 1.807) is 6.07 Å². The number of amides is 1. The molecular formula is C19H20ClN3O2S. The molecule has 2 atom stereocenters. The predicted molar refractivity (Wildman–Crippen MR) is 103 cm³/mol. The minimum Gasteiger partial charge on any atom is -0.339 e. The molecule has 0 aliphatic heterocycles. The number of thiophene rings is 1. The van der Waals surface area contributed by atoms with Crippen LogP contribution in [0.1, 0.15) is 47.4 Å². The monoisotopic (exact) mass is 389 g/mol. The Morgan fingerprint density at radius 1 is 1.38 bits per heavy atom. The van der Waals surface area contributed by atoms with Gasteiger partial charge in [0, 0.05) is 10.6 Å². The number of carbonyl (C=O) groups is 1. The van der Waals surface area contributed by atoms with Crippen LogP contribution < -0.4 is 5.32 Å². The average molecular weight is 390 g/mol. The van der Waals surface area contributed by atoms with E-state index in [0.717, 1.165) is 17.5 Å². The van der Waals surface area contributed by atoms with Gasteiger partial charge in [-0.1, -0.05) is 55.2 Å². The molecule has 0 fully saturated rings. The summed E-state index contributed by atoms with van der Waals surface area (Å²) in [5.41, 5.74) is 1.77. The smallest absolute Gasteiger partial charge is 0.262 e. The maximum Gasteiger partial charge on any atom is 0.262 e. The van der Waals surface area contributed by atoms with Crippen molar-refractivity contribution in [1.82, 2.24) is 15.5 Å². The second kappa shape index (κ2) is 8.01. The Kier molecular flexibility index (Phi) is 5.74. The quantitative estimate of drug-likeness (QED) is 0.622. The Hall–Kier alpha value is -2.18. The molecule has 3 rings (SSSR count). The lowest BCUT2D eigenvalue weighted by atomic mass is 9.99. The standard InChI is InChI=1S/C19H20ClN3O2S/c1-4-11(2)16(21-18(24)15-6-5-9-26-15)19-22-17(23-25-19)13-8-7-12(3)14(20)10-13/h5-11,16H,4H2,1-3H3,(H,21,24)/t11-,16-/m1/s1. The highest BCUT2D eigenvalue weighted by Gasteiger charge is 2.27. The normalized spacial score (nSPS) is 13.4. The molecule has 136 valence electrons. The molecule has 1 aromatic carbocycles.